The zero-order valence-electron chi connectivity index (χ0n) is 15.7. The van der Waals surface area contributed by atoms with E-state index in [9.17, 15) is 14.0 Å². The van der Waals surface area contributed by atoms with Gasteiger partial charge < -0.3 is 15.4 Å². The lowest BCUT2D eigenvalue weighted by Gasteiger charge is -2.12. The number of carbonyl (C=O) groups excluding carboxylic acids is 2. The molecule has 2 aromatic carbocycles. The van der Waals surface area contributed by atoms with Crippen LogP contribution in [0.4, 0.5) is 15.8 Å². The number of hydrogen-bond acceptors (Lipinski definition) is 4. The highest BCUT2D eigenvalue weighted by molar-refractivity contribution is 6.06. The first kappa shape index (κ1) is 18.7. The molecule has 0 atom stereocenters. The number of ether oxygens (including phenoxy) is 1. The van der Waals surface area contributed by atoms with Gasteiger partial charge in [0.25, 0.3) is 11.8 Å². The van der Waals surface area contributed by atoms with Crippen LogP contribution in [0.1, 0.15) is 45.3 Å². The molecule has 1 saturated carbocycles. The summed E-state index contributed by atoms with van der Waals surface area (Å²) in [6.07, 6.45) is 2.21. The number of hydrogen-bond donors (Lipinski definition) is 3. The van der Waals surface area contributed by atoms with E-state index in [2.05, 4.69) is 20.8 Å². The third-order valence-corrected chi connectivity index (χ3v) is 4.64. The maximum Gasteiger partial charge on any atom is 0.276 e. The molecule has 2 amide bonds. The van der Waals surface area contributed by atoms with Crippen LogP contribution in [0, 0.1) is 5.82 Å². The summed E-state index contributed by atoms with van der Waals surface area (Å²) in [5.74, 6) is -0.484. The molecular weight excluding hydrogens is 375 g/mol. The van der Waals surface area contributed by atoms with Gasteiger partial charge in [-0.05, 0) is 55.3 Å². The minimum absolute atomic E-state index is 0.172. The molecule has 1 aromatic heterocycles. The van der Waals surface area contributed by atoms with Gasteiger partial charge in [-0.15, -0.1) is 0 Å². The molecule has 1 aliphatic rings. The van der Waals surface area contributed by atoms with Crippen molar-refractivity contribution in [3.63, 3.8) is 0 Å². The summed E-state index contributed by atoms with van der Waals surface area (Å²) < 4.78 is 18.6. The van der Waals surface area contributed by atoms with E-state index >= 15 is 0 Å². The van der Waals surface area contributed by atoms with Crippen molar-refractivity contribution >= 4 is 23.2 Å². The Balaban J connectivity index is 1.51. The number of halogens is 1. The van der Waals surface area contributed by atoms with E-state index in [1.54, 1.807) is 24.3 Å². The highest BCUT2D eigenvalue weighted by Gasteiger charge is 2.26. The van der Waals surface area contributed by atoms with Gasteiger partial charge in [-0.2, -0.15) is 5.10 Å². The molecule has 0 unspecified atom stereocenters. The first-order valence-electron chi connectivity index (χ1n) is 9.15. The van der Waals surface area contributed by atoms with Crippen LogP contribution >= 0.6 is 0 Å². The van der Waals surface area contributed by atoms with Crippen molar-refractivity contribution in [3.05, 3.63) is 71.3 Å². The number of nitrogens with one attached hydrogen (secondary N) is 3. The Kier molecular flexibility index (Phi) is 4.99. The standard InChI is InChI=1S/C21H19FN4O3/c1-29-19-8-7-15(23-21(28)18-11-16(25-26-18)12-5-6-12)10-17(19)24-20(27)13-3-2-4-14(22)9-13/h2-4,7-12H,5-6H2,1H3,(H,23,28)(H,24,27)(H,25,26). The van der Waals surface area contributed by atoms with Gasteiger partial charge >= 0.3 is 0 Å². The lowest BCUT2D eigenvalue weighted by molar-refractivity contribution is 0.101. The number of benzene rings is 2. The number of methoxy groups -OCH3 is 1. The number of anilines is 2. The van der Waals surface area contributed by atoms with Crippen LogP contribution in [0.25, 0.3) is 0 Å². The Labute approximate surface area is 166 Å². The molecule has 0 aliphatic heterocycles. The molecule has 148 valence electrons. The maximum absolute atomic E-state index is 13.4. The van der Waals surface area contributed by atoms with Gasteiger partial charge in [-0.3, -0.25) is 14.7 Å². The molecule has 1 heterocycles. The van der Waals surface area contributed by atoms with Crippen molar-refractivity contribution < 1.29 is 18.7 Å². The number of rotatable bonds is 6. The largest absolute Gasteiger partial charge is 0.495 e. The molecule has 0 spiro atoms. The minimum atomic E-state index is -0.504. The normalized spacial score (nSPS) is 13.0. The first-order chi connectivity index (χ1) is 14.0. The summed E-state index contributed by atoms with van der Waals surface area (Å²) in [6, 6.07) is 12.0. The fraction of sp³-hybridized carbons (Fsp3) is 0.190. The van der Waals surface area contributed by atoms with Crippen LogP contribution in [-0.2, 0) is 0 Å². The van der Waals surface area contributed by atoms with E-state index in [0.29, 0.717) is 28.7 Å². The van der Waals surface area contributed by atoms with Gasteiger partial charge in [0.2, 0.25) is 0 Å². The van der Waals surface area contributed by atoms with Crippen LogP contribution in [-0.4, -0.2) is 29.1 Å². The Bertz CT molecular complexity index is 1080. The molecule has 3 aromatic rings. The third-order valence-electron chi connectivity index (χ3n) is 4.64. The van der Waals surface area contributed by atoms with E-state index in [1.165, 1.54) is 25.3 Å². The summed E-state index contributed by atoms with van der Waals surface area (Å²) in [5, 5.41) is 12.4. The quantitative estimate of drug-likeness (QED) is 0.590. The summed E-state index contributed by atoms with van der Waals surface area (Å²) in [6.45, 7) is 0. The fourth-order valence-corrected chi connectivity index (χ4v) is 2.96. The van der Waals surface area contributed by atoms with E-state index in [4.69, 9.17) is 4.74 Å². The lowest BCUT2D eigenvalue weighted by Crippen LogP contribution is -2.15. The number of aromatic amines is 1. The number of H-pyrrole nitrogens is 1. The molecule has 1 fully saturated rings. The van der Waals surface area contributed by atoms with Crippen molar-refractivity contribution in [3.8, 4) is 5.75 Å². The molecule has 0 bridgehead atoms. The molecule has 1 aliphatic carbocycles. The summed E-state index contributed by atoms with van der Waals surface area (Å²) in [4.78, 5) is 24.9. The molecular formula is C21H19FN4O3. The molecule has 8 heteroatoms. The van der Waals surface area contributed by atoms with Crippen LogP contribution in [0.3, 0.4) is 0 Å². The molecule has 7 nitrogen and oxygen atoms in total. The average Bonchev–Trinajstić information content (AvgIpc) is 3.44. The third kappa shape index (κ3) is 4.26. The monoisotopic (exact) mass is 394 g/mol. The van der Waals surface area contributed by atoms with Crippen molar-refractivity contribution in [2.75, 3.05) is 17.7 Å². The van der Waals surface area contributed by atoms with E-state index in [-0.39, 0.29) is 11.5 Å². The fourth-order valence-electron chi connectivity index (χ4n) is 2.96. The maximum atomic E-state index is 13.4. The van der Waals surface area contributed by atoms with Crippen LogP contribution in [0.15, 0.2) is 48.5 Å². The Morgan fingerprint density at radius 2 is 1.93 bits per heavy atom. The second-order valence-electron chi connectivity index (χ2n) is 6.82. The van der Waals surface area contributed by atoms with Gasteiger partial charge in [0, 0.05) is 22.9 Å². The Morgan fingerprint density at radius 1 is 1.10 bits per heavy atom. The summed E-state index contributed by atoms with van der Waals surface area (Å²) >= 11 is 0. The van der Waals surface area contributed by atoms with Crippen molar-refractivity contribution in [1.82, 2.24) is 10.2 Å². The van der Waals surface area contributed by atoms with E-state index in [0.717, 1.165) is 24.6 Å². The molecule has 0 saturated heterocycles. The van der Waals surface area contributed by atoms with Crippen molar-refractivity contribution in [1.29, 1.82) is 0 Å². The SMILES string of the molecule is COc1ccc(NC(=O)c2cc(C3CC3)[nH]n2)cc1NC(=O)c1cccc(F)c1. The summed E-state index contributed by atoms with van der Waals surface area (Å²) in [5.41, 5.74) is 2.24. The molecule has 3 N–H and O–H groups in total. The lowest BCUT2D eigenvalue weighted by atomic mass is 10.2. The van der Waals surface area contributed by atoms with E-state index < -0.39 is 11.7 Å². The number of nitrogens with zero attached hydrogens (tertiary/aromatic N) is 1. The summed E-state index contributed by atoms with van der Waals surface area (Å²) in [7, 11) is 1.47. The minimum Gasteiger partial charge on any atom is -0.495 e. The second-order valence-corrected chi connectivity index (χ2v) is 6.82. The Hall–Kier alpha value is -3.68. The van der Waals surface area contributed by atoms with Gasteiger partial charge in [-0.1, -0.05) is 6.07 Å². The first-order valence-corrected chi connectivity index (χ1v) is 9.15. The number of amides is 2. The number of aromatic nitrogens is 2. The topological polar surface area (TPSA) is 96.1 Å². The van der Waals surface area contributed by atoms with Gasteiger partial charge in [0.15, 0.2) is 5.69 Å². The smallest absolute Gasteiger partial charge is 0.276 e. The van der Waals surface area contributed by atoms with Gasteiger partial charge in [0.05, 0.1) is 12.8 Å². The molecule has 29 heavy (non-hydrogen) atoms. The van der Waals surface area contributed by atoms with Crippen LogP contribution < -0.4 is 15.4 Å². The van der Waals surface area contributed by atoms with Crippen molar-refractivity contribution in [2.24, 2.45) is 0 Å². The van der Waals surface area contributed by atoms with Crippen molar-refractivity contribution in [2.45, 2.75) is 18.8 Å². The predicted octanol–water partition coefficient (Wildman–Crippen LogP) is 3.94. The second kappa shape index (κ2) is 7.75. The van der Waals surface area contributed by atoms with E-state index in [1.807, 2.05) is 0 Å². The zero-order valence-corrected chi connectivity index (χ0v) is 15.7. The predicted molar refractivity (Wildman–Crippen MR) is 106 cm³/mol. The van der Waals surface area contributed by atoms with Gasteiger partial charge in [0.1, 0.15) is 11.6 Å². The van der Waals surface area contributed by atoms with Crippen LogP contribution in [0.5, 0.6) is 5.75 Å². The van der Waals surface area contributed by atoms with Crippen LogP contribution in [0.2, 0.25) is 0 Å². The molecule has 0 radical (unpaired) electrons. The molecule has 4 rings (SSSR count). The average molecular weight is 394 g/mol. The zero-order chi connectivity index (χ0) is 20.4. The highest BCUT2D eigenvalue weighted by atomic mass is 19.1. The number of carbonyl (C=O) groups is 2. The highest BCUT2D eigenvalue weighted by Crippen LogP contribution is 2.39. The van der Waals surface area contributed by atoms with Gasteiger partial charge in [-0.25, -0.2) is 4.39 Å². The Morgan fingerprint density at radius 3 is 2.66 bits per heavy atom.